The quantitative estimate of drug-likeness (QED) is 0.673. The fourth-order valence-electron chi connectivity index (χ4n) is 1.46. The van der Waals surface area contributed by atoms with Gasteiger partial charge in [0.1, 0.15) is 12.9 Å². The molecule has 0 aliphatic carbocycles. The van der Waals surface area contributed by atoms with Crippen molar-refractivity contribution >= 4 is 5.78 Å². The van der Waals surface area contributed by atoms with Gasteiger partial charge in [0.05, 0.1) is 13.2 Å². The maximum Gasteiger partial charge on any atom is 0.169 e. The maximum absolute atomic E-state index is 11.8. The van der Waals surface area contributed by atoms with Crippen molar-refractivity contribution in [1.29, 1.82) is 0 Å². The summed E-state index contributed by atoms with van der Waals surface area (Å²) in [6, 6.07) is 0. The van der Waals surface area contributed by atoms with Crippen LogP contribution in [-0.4, -0.2) is 42.8 Å². The van der Waals surface area contributed by atoms with Gasteiger partial charge in [0.15, 0.2) is 11.6 Å². The van der Waals surface area contributed by atoms with Crippen molar-refractivity contribution in [2.24, 2.45) is 5.92 Å². The Kier molecular flexibility index (Phi) is 4.21. The van der Waals surface area contributed by atoms with Gasteiger partial charge >= 0.3 is 0 Å². The Morgan fingerprint density at radius 3 is 2.80 bits per heavy atom. The predicted molar refractivity (Wildman–Crippen MR) is 52.1 cm³/mol. The molecule has 1 unspecified atom stereocenters. The standard InChI is InChI=1S/C10H18O5/c1-7(4-13-6-11)9(12)8-5-14-10(2,3)15-8/h7-8,11H,4-6H2,1-3H3/t7?,8-/m1/s1. The molecule has 0 saturated carbocycles. The molecule has 15 heavy (non-hydrogen) atoms. The van der Waals surface area contributed by atoms with E-state index in [2.05, 4.69) is 0 Å². The molecule has 0 aromatic heterocycles. The highest BCUT2D eigenvalue weighted by atomic mass is 16.7. The number of aliphatic hydroxyl groups is 1. The van der Waals surface area contributed by atoms with E-state index in [-0.39, 0.29) is 31.7 Å². The first-order valence-corrected chi connectivity index (χ1v) is 5.00. The summed E-state index contributed by atoms with van der Waals surface area (Å²) in [7, 11) is 0. The van der Waals surface area contributed by atoms with Crippen molar-refractivity contribution in [3.63, 3.8) is 0 Å². The smallest absolute Gasteiger partial charge is 0.169 e. The van der Waals surface area contributed by atoms with Crippen molar-refractivity contribution in [3.05, 3.63) is 0 Å². The van der Waals surface area contributed by atoms with Crippen LogP contribution in [0.1, 0.15) is 20.8 Å². The first-order chi connectivity index (χ1) is 6.96. The van der Waals surface area contributed by atoms with E-state index in [1.165, 1.54) is 0 Å². The molecule has 5 heteroatoms. The SMILES string of the molecule is CC(COCO)C(=O)[C@H]1COC(C)(C)O1. The lowest BCUT2D eigenvalue weighted by molar-refractivity contribution is -0.155. The minimum atomic E-state index is -0.683. The number of hydrogen-bond acceptors (Lipinski definition) is 5. The second-order valence-electron chi connectivity index (χ2n) is 4.12. The van der Waals surface area contributed by atoms with Crippen LogP contribution in [0.15, 0.2) is 0 Å². The number of Topliss-reactive ketones (excluding diaryl/α,β-unsaturated/α-hetero) is 1. The predicted octanol–water partition coefficient (Wildman–Crippen LogP) is 0.309. The van der Waals surface area contributed by atoms with Crippen molar-refractivity contribution in [2.45, 2.75) is 32.7 Å². The van der Waals surface area contributed by atoms with Crippen LogP contribution in [0.25, 0.3) is 0 Å². The van der Waals surface area contributed by atoms with Gasteiger partial charge in [-0.1, -0.05) is 6.92 Å². The minimum Gasteiger partial charge on any atom is -0.371 e. The Bertz CT molecular complexity index is 226. The van der Waals surface area contributed by atoms with Gasteiger partial charge in [0.25, 0.3) is 0 Å². The maximum atomic E-state index is 11.8. The number of aliphatic hydroxyl groups excluding tert-OH is 1. The van der Waals surface area contributed by atoms with Crippen LogP contribution in [0.3, 0.4) is 0 Å². The van der Waals surface area contributed by atoms with Gasteiger partial charge in [-0.25, -0.2) is 0 Å². The highest BCUT2D eigenvalue weighted by Gasteiger charge is 2.38. The molecular formula is C10H18O5. The molecule has 1 saturated heterocycles. The molecule has 5 nitrogen and oxygen atoms in total. The van der Waals surface area contributed by atoms with Crippen LogP contribution in [0.2, 0.25) is 0 Å². The van der Waals surface area contributed by atoms with Crippen LogP contribution in [0, 0.1) is 5.92 Å². The van der Waals surface area contributed by atoms with Gasteiger partial charge in [-0.05, 0) is 13.8 Å². The topological polar surface area (TPSA) is 65.0 Å². The lowest BCUT2D eigenvalue weighted by atomic mass is 10.0. The van der Waals surface area contributed by atoms with E-state index in [9.17, 15) is 4.79 Å². The van der Waals surface area contributed by atoms with Crippen molar-refractivity contribution in [3.8, 4) is 0 Å². The van der Waals surface area contributed by atoms with Crippen LogP contribution in [0.5, 0.6) is 0 Å². The Morgan fingerprint density at radius 1 is 1.67 bits per heavy atom. The van der Waals surface area contributed by atoms with E-state index >= 15 is 0 Å². The second-order valence-corrected chi connectivity index (χ2v) is 4.12. The summed E-state index contributed by atoms with van der Waals surface area (Å²) in [6.07, 6.45) is -0.516. The Hall–Kier alpha value is -0.490. The number of carbonyl (C=O) groups is 1. The molecule has 0 aromatic carbocycles. The zero-order chi connectivity index (χ0) is 11.5. The van der Waals surface area contributed by atoms with Crippen molar-refractivity contribution in [2.75, 3.05) is 20.0 Å². The molecule has 1 rings (SSSR count). The van der Waals surface area contributed by atoms with E-state index in [0.29, 0.717) is 0 Å². The summed E-state index contributed by atoms with van der Waals surface area (Å²) in [5.41, 5.74) is 0. The third kappa shape index (κ3) is 3.53. The Morgan fingerprint density at radius 2 is 2.33 bits per heavy atom. The first kappa shape index (κ1) is 12.6. The zero-order valence-electron chi connectivity index (χ0n) is 9.36. The summed E-state index contributed by atoms with van der Waals surface area (Å²) >= 11 is 0. The Balaban J connectivity index is 2.41. The van der Waals surface area contributed by atoms with Crippen LogP contribution in [0.4, 0.5) is 0 Å². The average molecular weight is 218 g/mol. The third-order valence-electron chi connectivity index (χ3n) is 2.27. The van der Waals surface area contributed by atoms with E-state index < -0.39 is 11.9 Å². The lowest BCUT2D eigenvalue weighted by Crippen LogP contribution is -2.32. The number of ether oxygens (including phenoxy) is 3. The molecule has 0 aromatic rings. The molecular weight excluding hydrogens is 200 g/mol. The van der Waals surface area contributed by atoms with Crippen LogP contribution in [-0.2, 0) is 19.0 Å². The van der Waals surface area contributed by atoms with E-state index in [4.69, 9.17) is 19.3 Å². The molecule has 0 bridgehead atoms. The summed E-state index contributed by atoms with van der Waals surface area (Å²) < 4.78 is 15.5. The summed E-state index contributed by atoms with van der Waals surface area (Å²) in [6.45, 7) is 5.41. The van der Waals surface area contributed by atoms with Gasteiger partial charge in [0, 0.05) is 5.92 Å². The van der Waals surface area contributed by atoms with Gasteiger partial charge in [-0.3, -0.25) is 4.79 Å². The summed E-state index contributed by atoms with van der Waals surface area (Å²) in [4.78, 5) is 11.8. The van der Waals surface area contributed by atoms with E-state index in [1.54, 1.807) is 20.8 Å². The largest absolute Gasteiger partial charge is 0.371 e. The molecule has 1 heterocycles. The molecule has 0 amide bonds. The van der Waals surface area contributed by atoms with Gasteiger partial charge < -0.3 is 19.3 Å². The van der Waals surface area contributed by atoms with Gasteiger partial charge in [0.2, 0.25) is 0 Å². The van der Waals surface area contributed by atoms with Crippen molar-refractivity contribution < 1.29 is 24.1 Å². The number of rotatable bonds is 5. The number of hydrogen-bond donors (Lipinski definition) is 1. The fraction of sp³-hybridized carbons (Fsp3) is 0.900. The lowest BCUT2D eigenvalue weighted by Gasteiger charge is -2.18. The van der Waals surface area contributed by atoms with Crippen LogP contribution >= 0.6 is 0 Å². The molecule has 1 aliphatic rings. The zero-order valence-corrected chi connectivity index (χ0v) is 9.36. The van der Waals surface area contributed by atoms with E-state index in [0.717, 1.165) is 0 Å². The van der Waals surface area contributed by atoms with Gasteiger partial charge in [-0.2, -0.15) is 0 Å². The molecule has 1 N–H and O–H groups in total. The minimum absolute atomic E-state index is 0.0472. The van der Waals surface area contributed by atoms with Crippen molar-refractivity contribution in [1.82, 2.24) is 0 Å². The fourth-order valence-corrected chi connectivity index (χ4v) is 1.46. The summed E-state index contributed by atoms with van der Waals surface area (Å²) in [5, 5.41) is 8.46. The Labute approximate surface area is 89.3 Å². The van der Waals surface area contributed by atoms with E-state index in [1.807, 2.05) is 0 Å². The normalized spacial score (nSPS) is 26.5. The van der Waals surface area contributed by atoms with Gasteiger partial charge in [-0.15, -0.1) is 0 Å². The molecule has 2 atom stereocenters. The molecule has 0 spiro atoms. The number of ketones is 1. The second kappa shape index (κ2) is 5.03. The number of carbonyl (C=O) groups excluding carboxylic acids is 1. The average Bonchev–Trinajstić information content (AvgIpc) is 2.54. The summed E-state index contributed by atoms with van der Waals surface area (Å²) in [5.74, 6) is -1.02. The highest BCUT2D eigenvalue weighted by Crippen LogP contribution is 2.24. The molecule has 0 radical (unpaired) electrons. The molecule has 1 aliphatic heterocycles. The van der Waals surface area contributed by atoms with Crippen LogP contribution < -0.4 is 0 Å². The highest BCUT2D eigenvalue weighted by molar-refractivity contribution is 5.85. The first-order valence-electron chi connectivity index (χ1n) is 5.00. The molecule has 88 valence electrons. The molecule has 1 fully saturated rings. The third-order valence-corrected chi connectivity index (χ3v) is 2.27. The monoisotopic (exact) mass is 218 g/mol.